The first-order valence-corrected chi connectivity index (χ1v) is 16.1. The quantitative estimate of drug-likeness (QED) is 0.181. The maximum absolute atomic E-state index is 5.27. The fourth-order valence-electron chi connectivity index (χ4n) is 6.47. The second-order valence-electron chi connectivity index (χ2n) is 11.9. The van der Waals surface area contributed by atoms with Gasteiger partial charge in [0.1, 0.15) is 0 Å². The standard InChI is InChI=1S/C44H28N4/c1-4-12-29(13-5-1)37-27-25-33-24-26-36-35-18-10-11-19-38(35)46-43(41(36)42(33)45-37)32-22-20-31(21-23-32)40-28-39(30-14-6-2-7-15-30)47-44(48-40)34-16-8-3-9-17-34/h1-28H. The molecule has 0 spiro atoms. The van der Waals surface area contributed by atoms with Gasteiger partial charge in [-0.2, -0.15) is 0 Å². The molecule has 6 aromatic carbocycles. The lowest BCUT2D eigenvalue weighted by Crippen LogP contribution is -1.96. The number of aromatic nitrogens is 4. The molecule has 0 N–H and O–H groups in total. The lowest BCUT2D eigenvalue weighted by molar-refractivity contribution is 1.18. The van der Waals surface area contributed by atoms with Gasteiger partial charge in [0.25, 0.3) is 0 Å². The molecule has 48 heavy (non-hydrogen) atoms. The van der Waals surface area contributed by atoms with Crippen molar-refractivity contribution in [2.75, 3.05) is 0 Å². The molecular formula is C44H28N4. The largest absolute Gasteiger partial charge is 0.247 e. The summed E-state index contributed by atoms with van der Waals surface area (Å²) < 4.78 is 0. The van der Waals surface area contributed by atoms with Gasteiger partial charge in [-0.1, -0.05) is 152 Å². The van der Waals surface area contributed by atoms with E-state index in [0.29, 0.717) is 5.82 Å². The molecule has 4 nitrogen and oxygen atoms in total. The highest BCUT2D eigenvalue weighted by Gasteiger charge is 2.16. The Hall–Kier alpha value is -6.52. The van der Waals surface area contributed by atoms with Gasteiger partial charge in [0, 0.05) is 44.0 Å². The van der Waals surface area contributed by atoms with Crippen LogP contribution in [-0.4, -0.2) is 19.9 Å². The number of hydrogen-bond acceptors (Lipinski definition) is 4. The van der Waals surface area contributed by atoms with Crippen molar-refractivity contribution < 1.29 is 0 Å². The van der Waals surface area contributed by atoms with Crippen molar-refractivity contribution in [1.82, 2.24) is 19.9 Å². The Morgan fingerprint density at radius 1 is 0.333 bits per heavy atom. The van der Waals surface area contributed by atoms with Gasteiger partial charge in [-0.05, 0) is 23.6 Å². The summed E-state index contributed by atoms with van der Waals surface area (Å²) in [7, 11) is 0. The van der Waals surface area contributed by atoms with Crippen molar-refractivity contribution >= 4 is 32.6 Å². The lowest BCUT2D eigenvalue weighted by atomic mass is 9.96. The second-order valence-corrected chi connectivity index (χ2v) is 11.9. The van der Waals surface area contributed by atoms with Crippen molar-refractivity contribution in [3.63, 3.8) is 0 Å². The van der Waals surface area contributed by atoms with Gasteiger partial charge in [-0.15, -0.1) is 0 Å². The molecule has 0 fully saturated rings. The van der Waals surface area contributed by atoms with Crippen LogP contribution in [0.1, 0.15) is 0 Å². The average molecular weight is 613 g/mol. The van der Waals surface area contributed by atoms with E-state index in [1.807, 2.05) is 48.5 Å². The van der Waals surface area contributed by atoms with Gasteiger partial charge >= 0.3 is 0 Å². The van der Waals surface area contributed by atoms with Gasteiger partial charge in [0.15, 0.2) is 5.82 Å². The molecule has 3 heterocycles. The summed E-state index contributed by atoms with van der Waals surface area (Å²) in [5.41, 5.74) is 10.7. The summed E-state index contributed by atoms with van der Waals surface area (Å²) >= 11 is 0. The van der Waals surface area contributed by atoms with Crippen LogP contribution in [0.5, 0.6) is 0 Å². The van der Waals surface area contributed by atoms with Gasteiger partial charge in [0.2, 0.25) is 0 Å². The SMILES string of the molecule is c1ccc(-c2cc(-c3ccc(-c4nc5ccccc5c5ccc6ccc(-c7ccccc7)nc6c45)cc3)nc(-c3ccccc3)n2)cc1. The molecule has 9 aromatic rings. The van der Waals surface area contributed by atoms with Gasteiger partial charge < -0.3 is 0 Å². The van der Waals surface area contributed by atoms with E-state index in [2.05, 4.69) is 121 Å². The second kappa shape index (κ2) is 11.7. The molecular weight excluding hydrogens is 585 g/mol. The molecule has 0 aliphatic rings. The van der Waals surface area contributed by atoms with E-state index in [9.17, 15) is 0 Å². The van der Waals surface area contributed by atoms with Crippen molar-refractivity contribution in [3.8, 4) is 56.4 Å². The van der Waals surface area contributed by atoms with Crippen molar-refractivity contribution in [3.05, 3.63) is 170 Å². The Morgan fingerprint density at radius 2 is 0.875 bits per heavy atom. The Kier molecular flexibility index (Phi) is 6.76. The van der Waals surface area contributed by atoms with Crippen LogP contribution in [0.15, 0.2) is 170 Å². The molecule has 224 valence electrons. The average Bonchev–Trinajstić information content (AvgIpc) is 3.18. The van der Waals surface area contributed by atoms with Crippen LogP contribution < -0.4 is 0 Å². The van der Waals surface area contributed by atoms with Crippen LogP contribution in [0.25, 0.3) is 89.0 Å². The third kappa shape index (κ3) is 4.97. The molecule has 0 bridgehead atoms. The van der Waals surface area contributed by atoms with Crippen molar-refractivity contribution in [2.45, 2.75) is 0 Å². The van der Waals surface area contributed by atoms with Crippen LogP contribution in [0.4, 0.5) is 0 Å². The maximum Gasteiger partial charge on any atom is 0.160 e. The van der Waals surface area contributed by atoms with Gasteiger partial charge in [-0.25, -0.2) is 19.9 Å². The number of benzene rings is 6. The topological polar surface area (TPSA) is 51.6 Å². The molecule has 3 aromatic heterocycles. The third-order valence-electron chi connectivity index (χ3n) is 8.88. The summed E-state index contributed by atoms with van der Waals surface area (Å²) in [6.45, 7) is 0. The molecule has 0 amide bonds. The molecule has 0 atom stereocenters. The van der Waals surface area contributed by atoms with E-state index < -0.39 is 0 Å². The predicted octanol–water partition coefficient (Wildman–Crippen LogP) is 11.1. The number of hydrogen-bond donors (Lipinski definition) is 0. The zero-order valence-electron chi connectivity index (χ0n) is 26.0. The van der Waals surface area contributed by atoms with E-state index in [1.54, 1.807) is 0 Å². The maximum atomic E-state index is 5.27. The number of nitrogens with zero attached hydrogens (tertiary/aromatic N) is 4. The van der Waals surface area contributed by atoms with Crippen LogP contribution in [-0.2, 0) is 0 Å². The monoisotopic (exact) mass is 612 g/mol. The minimum absolute atomic E-state index is 0.699. The number of para-hydroxylation sites is 1. The van der Waals surface area contributed by atoms with Crippen LogP contribution >= 0.6 is 0 Å². The zero-order chi connectivity index (χ0) is 31.9. The van der Waals surface area contributed by atoms with E-state index in [1.165, 1.54) is 0 Å². The summed E-state index contributed by atoms with van der Waals surface area (Å²) in [6, 6.07) is 58.4. The first-order chi connectivity index (χ1) is 23.8. The van der Waals surface area contributed by atoms with Gasteiger partial charge in [0.05, 0.1) is 33.8 Å². The highest BCUT2D eigenvalue weighted by atomic mass is 14.9. The minimum atomic E-state index is 0.699. The smallest absolute Gasteiger partial charge is 0.160 e. The molecule has 0 saturated heterocycles. The summed E-state index contributed by atoms with van der Waals surface area (Å²) in [5.74, 6) is 0.699. The van der Waals surface area contributed by atoms with E-state index in [0.717, 1.165) is 83.2 Å². The first kappa shape index (κ1) is 27.8. The first-order valence-electron chi connectivity index (χ1n) is 16.1. The molecule has 0 saturated carbocycles. The molecule has 0 aliphatic heterocycles. The Balaban J connectivity index is 1.22. The Morgan fingerprint density at radius 3 is 1.56 bits per heavy atom. The molecule has 4 heteroatoms. The highest BCUT2D eigenvalue weighted by Crippen LogP contribution is 2.38. The van der Waals surface area contributed by atoms with Crippen LogP contribution in [0.2, 0.25) is 0 Å². The summed E-state index contributed by atoms with van der Waals surface area (Å²) in [6.07, 6.45) is 0. The zero-order valence-corrected chi connectivity index (χ0v) is 26.0. The Labute approximate surface area is 278 Å². The fraction of sp³-hybridized carbons (Fsp3) is 0. The van der Waals surface area contributed by atoms with E-state index in [-0.39, 0.29) is 0 Å². The molecule has 0 aliphatic carbocycles. The molecule has 0 unspecified atom stereocenters. The predicted molar refractivity (Wildman–Crippen MR) is 197 cm³/mol. The Bertz CT molecular complexity index is 2520. The summed E-state index contributed by atoms with van der Waals surface area (Å²) in [5, 5.41) is 4.39. The minimum Gasteiger partial charge on any atom is -0.247 e. The van der Waals surface area contributed by atoms with Crippen molar-refractivity contribution in [2.24, 2.45) is 0 Å². The summed E-state index contributed by atoms with van der Waals surface area (Å²) in [4.78, 5) is 20.5. The number of pyridine rings is 2. The van der Waals surface area contributed by atoms with E-state index >= 15 is 0 Å². The molecule has 0 radical (unpaired) electrons. The van der Waals surface area contributed by atoms with Gasteiger partial charge in [-0.3, -0.25) is 0 Å². The lowest BCUT2D eigenvalue weighted by Gasteiger charge is -2.14. The normalized spacial score (nSPS) is 11.3. The number of fused-ring (bicyclic) bond motifs is 5. The van der Waals surface area contributed by atoms with Crippen LogP contribution in [0, 0.1) is 0 Å². The highest BCUT2D eigenvalue weighted by molar-refractivity contribution is 6.20. The fourth-order valence-corrected chi connectivity index (χ4v) is 6.47. The number of rotatable bonds is 5. The van der Waals surface area contributed by atoms with Crippen LogP contribution in [0.3, 0.4) is 0 Å². The third-order valence-corrected chi connectivity index (χ3v) is 8.88. The van der Waals surface area contributed by atoms with Crippen molar-refractivity contribution in [1.29, 1.82) is 0 Å². The van der Waals surface area contributed by atoms with E-state index in [4.69, 9.17) is 19.9 Å². The molecule has 9 rings (SSSR count).